The molecule has 3 rings (SSSR count). The Bertz CT molecular complexity index is 894. The zero-order valence-electron chi connectivity index (χ0n) is 13.8. The van der Waals surface area contributed by atoms with E-state index in [1.54, 1.807) is 30.2 Å². The first-order chi connectivity index (χ1) is 12.0. The highest BCUT2D eigenvalue weighted by atomic mass is 35.5. The van der Waals surface area contributed by atoms with Crippen LogP contribution < -0.4 is 10.6 Å². The summed E-state index contributed by atoms with van der Waals surface area (Å²) in [4.78, 5) is 20.4. The van der Waals surface area contributed by atoms with E-state index in [4.69, 9.17) is 11.6 Å². The molecule has 2 N–H and O–H groups in total. The molecule has 0 radical (unpaired) electrons. The lowest BCUT2D eigenvalue weighted by atomic mass is 10.1. The molecule has 1 amide bonds. The van der Waals surface area contributed by atoms with Gasteiger partial charge in [-0.2, -0.15) is 5.10 Å². The topological polar surface area (TPSA) is 84.7 Å². The highest BCUT2D eigenvalue weighted by molar-refractivity contribution is 6.29. The molecule has 0 saturated heterocycles. The van der Waals surface area contributed by atoms with Gasteiger partial charge >= 0.3 is 0 Å². The number of carbonyl (C=O) groups is 1. The smallest absolute Gasteiger partial charge is 0.276 e. The number of anilines is 2. The summed E-state index contributed by atoms with van der Waals surface area (Å²) in [6.07, 6.45) is 4.81. The Morgan fingerprint density at radius 3 is 2.84 bits per heavy atom. The number of hydrogen-bond acceptors (Lipinski definition) is 5. The van der Waals surface area contributed by atoms with Gasteiger partial charge in [-0.1, -0.05) is 23.7 Å². The maximum atomic E-state index is 12.2. The van der Waals surface area contributed by atoms with Crippen molar-refractivity contribution in [1.82, 2.24) is 19.7 Å². The van der Waals surface area contributed by atoms with Gasteiger partial charge in [-0.25, -0.2) is 4.98 Å². The molecule has 1 aromatic carbocycles. The number of hydrogen-bond donors (Lipinski definition) is 2. The SMILES string of the molecule is C[C@H](Nc1cncc(Cl)n1)c1cccc(NC(=O)c2ccn(C)n2)c1. The van der Waals surface area contributed by atoms with Crippen LogP contribution in [0.15, 0.2) is 48.9 Å². The first-order valence-electron chi connectivity index (χ1n) is 7.66. The molecule has 128 valence electrons. The fourth-order valence-electron chi connectivity index (χ4n) is 2.33. The molecule has 8 heteroatoms. The van der Waals surface area contributed by atoms with E-state index < -0.39 is 0 Å². The predicted molar refractivity (Wildman–Crippen MR) is 96.7 cm³/mol. The molecule has 0 fully saturated rings. The van der Waals surface area contributed by atoms with Gasteiger partial charge < -0.3 is 10.6 Å². The zero-order valence-corrected chi connectivity index (χ0v) is 14.5. The fourth-order valence-corrected chi connectivity index (χ4v) is 2.48. The molecule has 25 heavy (non-hydrogen) atoms. The molecule has 3 aromatic rings. The summed E-state index contributed by atoms with van der Waals surface area (Å²) >= 11 is 5.85. The van der Waals surface area contributed by atoms with Gasteiger partial charge in [-0.05, 0) is 30.7 Å². The summed E-state index contributed by atoms with van der Waals surface area (Å²) in [5.74, 6) is 0.335. The summed E-state index contributed by atoms with van der Waals surface area (Å²) in [6, 6.07) is 9.20. The van der Waals surface area contributed by atoms with Crippen molar-refractivity contribution in [2.45, 2.75) is 13.0 Å². The van der Waals surface area contributed by atoms with Crippen molar-refractivity contribution < 1.29 is 4.79 Å². The number of rotatable bonds is 5. The van der Waals surface area contributed by atoms with Gasteiger partial charge in [0, 0.05) is 18.9 Å². The zero-order chi connectivity index (χ0) is 17.8. The summed E-state index contributed by atoms with van der Waals surface area (Å²) in [6.45, 7) is 1.99. The van der Waals surface area contributed by atoms with Crippen molar-refractivity contribution in [1.29, 1.82) is 0 Å². The number of halogens is 1. The van der Waals surface area contributed by atoms with E-state index in [0.717, 1.165) is 5.56 Å². The molecule has 2 heterocycles. The van der Waals surface area contributed by atoms with Crippen LogP contribution in [-0.4, -0.2) is 25.7 Å². The average Bonchev–Trinajstić information content (AvgIpc) is 3.02. The second kappa shape index (κ2) is 7.31. The molecular weight excluding hydrogens is 340 g/mol. The lowest BCUT2D eigenvalue weighted by molar-refractivity contribution is 0.102. The largest absolute Gasteiger partial charge is 0.362 e. The van der Waals surface area contributed by atoms with Crippen LogP contribution in [0, 0.1) is 0 Å². The van der Waals surface area contributed by atoms with E-state index in [-0.39, 0.29) is 11.9 Å². The van der Waals surface area contributed by atoms with Crippen LogP contribution in [0.25, 0.3) is 0 Å². The van der Waals surface area contributed by atoms with Crippen molar-refractivity contribution in [2.75, 3.05) is 10.6 Å². The summed E-state index contributed by atoms with van der Waals surface area (Å²) in [5.41, 5.74) is 2.05. The molecule has 0 aliphatic carbocycles. The minimum atomic E-state index is -0.251. The Balaban J connectivity index is 1.71. The molecule has 0 unspecified atom stereocenters. The summed E-state index contributed by atoms with van der Waals surface area (Å²) < 4.78 is 1.59. The normalized spacial score (nSPS) is 11.8. The highest BCUT2D eigenvalue weighted by Crippen LogP contribution is 2.21. The van der Waals surface area contributed by atoms with E-state index in [1.807, 2.05) is 31.2 Å². The van der Waals surface area contributed by atoms with Gasteiger partial charge in [0.25, 0.3) is 5.91 Å². The Morgan fingerprint density at radius 2 is 2.12 bits per heavy atom. The number of carbonyl (C=O) groups excluding carboxylic acids is 1. The lowest BCUT2D eigenvalue weighted by Crippen LogP contribution is -2.14. The number of benzene rings is 1. The van der Waals surface area contributed by atoms with E-state index >= 15 is 0 Å². The molecule has 0 spiro atoms. The van der Waals surface area contributed by atoms with Gasteiger partial charge in [0.05, 0.1) is 18.4 Å². The van der Waals surface area contributed by atoms with Crippen LogP contribution in [0.5, 0.6) is 0 Å². The molecule has 2 aromatic heterocycles. The fraction of sp³-hybridized carbons (Fsp3) is 0.176. The first-order valence-corrected chi connectivity index (χ1v) is 8.04. The lowest BCUT2D eigenvalue weighted by Gasteiger charge is -2.16. The highest BCUT2D eigenvalue weighted by Gasteiger charge is 2.11. The predicted octanol–water partition coefficient (Wildman–Crippen LogP) is 3.29. The van der Waals surface area contributed by atoms with Gasteiger partial charge in [-0.15, -0.1) is 0 Å². The molecule has 0 aliphatic rings. The van der Waals surface area contributed by atoms with Crippen LogP contribution in [0.3, 0.4) is 0 Å². The second-order valence-corrected chi connectivity index (χ2v) is 5.93. The van der Waals surface area contributed by atoms with Crippen LogP contribution in [0.4, 0.5) is 11.5 Å². The van der Waals surface area contributed by atoms with Crippen molar-refractivity contribution in [3.8, 4) is 0 Å². The Kier molecular flexibility index (Phi) is 4.95. The minimum Gasteiger partial charge on any atom is -0.362 e. The summed E-state index contributed by atoms with van der Waals surface area (Å²) in [5, 5.41) is 10.5. The molecule has 7 nitrogen and oxygen atoms in total. The summed E-state index contributed by atoms with van der Waals surface area (Å²) in [7, 11) is 1.77. The number of aryl methyl sites for hydroxylation is 1. The van der Waals surface area contributed by atoms with E-state index in [1.165, 1.54) is 6.20 Å². The van der Waals surface area contributed by atoms with Crippen molar-refractivity contribution in [2.24, 2.45) is 7.05 Å². The third kappa shape index (κ3) is 4.33. The standard InChI is InChI=1S/C17H17ClN6O/c1-11(20-16-10-19-9-15(18)22-16)12-4-3-5-13(8-12)21-17(25)14-6-7-24(2)23-14/h3-11H,1-2H3,(H,20,22)(H,21,25)/t11-/m0/s1. The third-order valence-corrected chi connectivity index (χ3v) is 3.74. The first kappa shape index (κ1) is 16.9. The van der Waals surface area contributed by atoms with Gasteiger partial charge in [0.1, 0.15) is 11.0 Å². The van der Waals surface area contributed by atoms with Crippen LogP contribution in [0.2, 0.25) is 5.15 Å². The quantitative estimate of drug-likeness (QED) is 0.732. The third-order valence-electron chi connectivity index (χ3n) is 3.56. The Labute approximate surface area is 150 Å². The molecule has 0 aliphatic heterocycles. The number of nitrogens with one attached hydrogen (secondary N) is 2. The maximum Gasteiger partial charge on any atom is 0.276 e. The van der Waals surface area contributed by atoms with Gasteiger partial charge in [-0.3, -0.25) is 14.5 Å². The van der Waals surface area contributed by atoms with Crippen LogP contribution in [0.1, 0.15) is 29.0 Å². The molecule has 0 saturated carbocycles. The van der Waals surface area contributed by atoms with Crippen molar-refractivity contribution in [3.05, 3.63) is 65.3 Å². The van der Waals surface area contributed by atoms with Crippen LogP contribution in [-0.2, 0) is 7.05 Å². The van der Waals surface area contributed by atoms with Gasteiger partial charge in [0.2, 0.25) is 0 Å². The minimum absolute atomic E-state index is 0.0422. The second-order valence-electron chi connectivity index (χ2n) is 5.55. The Hall–Kier alpha value is -2.93. The van der Waals surface area contributed by atoms with E-state index in [0.29, 0.717) is 22.4 Å². The van der Waals surface area contributed by atoms with Crippen molar-refractivity contribution >= 4 is 29.0 Å². The Morgan fingerprint density at radius 1 is 1.28 bits per heavy atom. The molecule has 0 bridgehead atoms. The monoisotopic (exact) mass is 356 g/mol. The molecular formula is C17H17ClN6O. The number of nitrogens with zero attached hydrogens (tertiary/aromatic N) is 4. The maximum absolute atomic E-state index is 12.2. The van der Waals surface area contributed by atoms with Crippen LogP contribution >= 0.6 is 11.6 Å². The number of amides is 1. The number of aromatic nitrogens is 4. The molecule has 1 atom stereocenters. The average molecular weight is 357 g/mol. The van der Waals surface area contributed by atoms with E-state index in [9.17, 15) is 4.79 Å². The van der Waals surface area contributed by atoms with E-state index in [2.05, 4.69) is 25.7 Å². The van der Waals surface area contributed by atoms with Gasteiger partial charge in [0.15, 0.2) is 5.69 Å². The van der Waals surface area contributed by atoms with Crippen molar-refractivity contribution in [3.63, 3.8) is 0 Å².